The van der Waals surface area contributed by atoms with Crippen molar-refractivity contribution in [3.8, 4) is 17.6 Å². The molecule has 3 rings (SSSR count). The Morgan fingerprint density at radius 3 is 2.68 bits per heavy atom. The number of benzene rings is 1. The molecule has 0 bridgehead atoms. The first-order chi connectivity index (χ1) is 12.2. The van der Waals surface area contributed by atoms with Gasteiger partial charge < -0.3 is 14.2 Å². The van der Waals surface area contributed by atoms with E-state index in [1.165, 1.54) is 0 Å². The lowest BCUT2D eigenvalue weighted by molar-refractivity contribution is -0.152. The summed E-state index contributed by atoms with van der Waals surface area (Å²) >= 11 is 0. The second-order valence-corrected chi connectivity index (χ2v) is 6.33. The fourth-order valence-corrected chi connectivity index (χ4v) is 3.19. The minimum Gasteiger partial charge on any atom is -0.486 e. The minimum absolute atomic E-state index is 0.0158. The lowest BCUT2D eigenvalue weighted by Crippen LogP contribution is -2.29. The molecule has 0 N–H and O–H groups in total. The number of ketones is 1. The van der Waals surface area contributed by atoms with Crippen molar-refractivity contribution in [1.82, 2.24) is 0 Å². The van der Waals surface area contributed by atoms with Crippen molar-refractivity contribution < 1.29 is 23.8 Å². The summed E-state index contributed by atoms with van der Waals surface area (Å²) in [5.41, 5.74) is 0.490. The topological polar surface area (TPSA) is 85.6 Å². The highest BCUT2D eigenvalue weighted by Gasteiger charge is 2.28. The first-order valence-corrected chi connectivity index (χ1v) is 8.69. The summed E-state index contributed by atoms with van der Waals surface area (Å²) in [7, 11) is 0. The summed E-state index contributed by atoms with van der Waals surface area (Å²) in [6, 6.07) is 7.24. The first-order valence-electron chi connectivity index (χ1n) is 8.69. The average Bonchev–Trinajstić information content (AvgIpc) is 2.66. The Morgan fingerprint density at radius 2 is 1.88 bits per heavy atom. The highest BCUT2D eigenvalue weighted by Crippen LogP contribution is 2.31. The van der Waals surface area contributed by atoms with Crippen LogP contribution in [0.2, 0.25) is 0 Å². The quantitative estimate of drug-likeness (QED) is 0.603. The molecule has 0 spiro atoms. The van der Waals surface area contributed by atoms with Gasteiger partial charge in [0, 0.05) is 12.0 Å². The third-order valence-corrected chi connectivity index (χ3v) is 4.57. The molecule has 6 heteroatoms. The number of carbonyl (C=O) groups is 2. The summed E-state index contributed by atoms with van der Waals surface area (Å²) in [6.45, 7) is 0.954. The second kappa shape index (κ2) is 8.02. The molecule has 1 saturated carbocycles. The summed E-state index contributed by atoms with van der Waals surface area (Å²) in [5, 5.41) is 9.12. The number of esters is 1. The maximum Gasteiger partial charge on any atom is 0.306 e. The third kappa shape index (κ3) is 4.30. The van der Waals surface area contributed by atoms with Crippen molar-refractivity contribution in [1.29, 1.82) is 5.26 Å². The van der Waals surface area contributed by atoms with E-state index in [9.17, 15) is 9.59 Å². The molecule has 0 saturated heterocycles. The van der Waals surface area contributed by atoms with Gasteiger partial charge in [-0.2, -0.15) is 5.26 Å². The zero-order chi connectivity index (χ0) is 17.6. The van der Waals surface area contributed by atoms with Crippen molar-refractivity contribution in [2.75, 3.05) is 13.2 Å². The molecule has 0 radical (unpaired) electrons. The Balaban J connectivity index is 1.51. The zero-order valence-electron chi connectivity index (χ0n) is 14.0. The van der Waals surface area contributed by atoms with Crippen LogP contribution in [0.3, 0.4) is 0 Å². The van der Waals surface area contributed by atoms with Gasteiger partial charge in [-0.25, -0.2) is 0 Å². The average molecular weight is 343 g/mol. The maximum absolute atomic E-state index is 12.3. The van der Waals surface area contributed by atoms with E-state index < -0.39 is 5.97 Å². The molecule has 0 unspecified atom stereocenters. The number of hydrogen-bond acceptors (Lipinski definition) is 6. The molecule has 0 aromatic heterocycles. The Hall–Kier alpha value is -2.55. The molecule has 6 nitrogen and oxygen atoms in total. The van der Waals surface area contributed by atoms with E-state index in [2.05, 4.69) is 6.07 Å². The van der Waals surface area contributed by atoms with E-state index in [0.717, 1.165) is 25.7 Å². The number of nitriles is 1. The molecule has 2 atom stereocenters. The maximum atomic E-state index is 12.3. The van der Waals surface area contributed by atoms with Crippen LogP contribution in [0.5, 0.6) is 11.5 Å². The van der Waals surface area contributed by atoms with Gasteiger partial charge in [-0.1, -0.05) is 6.42 Å². The number of carbonyl (C=O) groups excluding carboxylic acids is 2. The minimum atomic E-state index is -0.418. The van der Waals surface area contributed by atoms with Gasteiger partial charge in [0.05, 0.1) is 18.4 Å². The summed E-state index contributed by atoms with van der Waals surface area (Å²) < 4.78 is 16.3. The van der Waals surface area contributed by atoms with Crippen LogP contribution in [0, 0.1) is 17.2 Å². The fourth-order valence-electron chi connectivity index (χ4n) is 3.19. The van der Waals surface area contributed by atoms with Crippen LogP contribution in [-0.4, -0.2) is 31.1 Å². The van der Waals surface area contributed by atoms with Crippen LogP contribution < -0.4 is 9.47 Å². The summed E-state index contributed by atoms with van der Waals surface area (Å²) in [4.78, 5) is 24.3. The van der Waals surface area contributed by atoms with Crippen LogP contribution in [0.4, 0.5) is 0 Å². The number of hydrogen-bond donors (Lipinski definition) is 0. The zero-order valence-corrected chi connectivity index (χ0v) is 14.0. The molecule has 1 fully saturated rings. The second-order valence-electron chi connectivity index (χ2n) is 6.33. The van der Waals surface area contributed by atoms with E-state index in [1.54, 1.807) is 18.2 Å². The smallest absolute Gasteiger partial charge is 0.306 e. The molecule has 2 aliphatic rings. The number of rotatable bonds is 5. The SMILES string of the molecule is N#C[C@@H]1CCCC[C@H]1OC(=O)CCC(=O)c1ccc2c(c1)OCCO2. The van der Waals surface area contributed by atoms with Gasteiger partial charge >= 0.3 is 5.97 Å². The van der Waals surface area contributed by atoms with E-state index in [1.807, 2.05) is 0 Å². The van der Waals surface area contributed by atoms with Crippen LogP contribution in [0.15, 0.2) is 18.2 Å². The molecular weight excluding hydrogens is 322 g/mol. The highest BCUT2D eigenvalue weighted by atomic mass is 16.6. The summed E-state index contributed by atoms with van der Waals surface area (Å²) in [6.07, 6.45) is 3.20. The predicted molar refractivity (Wildman–Crippen MR) is 88.4 cm³/mol. The van der Waals surface area contributed by atoms with Crippen LogP contribution in [0.1, 0.15) is 48.9 Å². The Bertz CT molecular complexity index is 694. The molecule has 0 amide bonds. The molecular formula is C19H21NO5. The predicted octanol–water partition coefficient (Wildman–Crippen LogP) is 3.05. The molecule has 1 heterocycles. The van der Waals surface area contributed by atoms with E-state index in [0.29, 0.717) is 30.3 Å². The molecule has 132 valence electrons. The Labute approximate surface area is 146 Å². The van der Waals surface area contributed by atoms with Crippen LogP contribution in [-0.2, 0) is 9.53 Å². The van der Waals surface area contributed by atoms with Gasteiger partial charge in [0.1, 0.15) is 19.3 Å². The number of ether oxygens (including phenoxy) is 3. The van der Waals surface area contributed by atoms with Crippen LogP contribution >= 0.6 is 0 Å². The van der Waals surface area contributed by atoms with Crippen molar-refractivity contribution in [3.05, 3.63) is 23.8 Å². The normalized spacial score (nSPS) is 21.9. The summed E-state index contributed by atoms with van der Waals surface area (Å²) in [5.74, 6) is 0.388. The molecule has 1 aliphatic heterocycles. The van der Waals surface area contributed by atoms with Gasteiger partial charge in [0.25, 0.3) is 0 Å². The largest absolute Gasteiger partial charge is 0.486 e. The van der Waals surface area contributed by atoms with Crippen LogP contribution in [0.25, 0.3) is 0 Å². The molecule has 1 aliphatic carbocycles. The van der Waals surface area contributed by atoms with Gasteiger partial charge in [-0.15, -0.1) is 0 Å². The molecule has 1 aromatic carbocycles. The van der Waals surface area contributed by atoms with Crippen molar-refractivity contribution in [2.45, 2.75) is 44.6 Å². The van der Waals surface area contributed by atoms with Gasteiger partial charge in [-0.05, 0) is 37.5 Å². The standard InChI is InChI=1S/C19H21NO5/c20-12-14-3-1-2-4-16(14)25-19(22)8-6-15(21)13-5-7-17-18(11-13)24-10-9-23-17/h5,7,11,14,16H,1-4,6,8-10H2/t14-,16+/m0/s1. The Morgan fingerprint density at radius 1 is 1.12 bits per heavy atom. The van der Waals surface area contributed by atoms with Gasteiger partial charge in [0.2, 0.25) is 0 Å². The van der Waals surface area contributed by atoms with Crippen molar-refractivity contribution in [2.24, 2.45) is 5.92 Å². The molecule has 1 aromatic rings. The first kappa shape index (κ1) is 17.3. The number of nitrogens with zero attached hydrogens (tertiary/aromatic N) is 1. The van der Waals surface area contributed by atoms with E-state index in [-0.39, 0.29) is 30.6 Å². The lowest BCUT2D eigenvalue weighted by atomic mass is 9.87. The third-order valence-electron chi connectivity index (χ3n) is 4.57. The van der Waals surface area contributed by atoms with E-state index in [4.69, 9.17) is 19.5 Å². The van der Waals surface area contributed by atoms with Gasteiger partial charge in [-0.3, -0.25) is 9.59 Å². The lowest BCUT2D eigenvalue weighted by Gasteiger charge is -2.26. The van der Waals surface area contributed by atoms with Gasteiger partial charge in [0.15, 0.2) is 17.3 Å². The Kier molecular flexibility index (Phi) is 5.54. The highest BCUT2D eigenvalue weighted by molar-refractivity contribution is 5.98. The monoisotopic (exact) mass is 343 g/mol. The fraction of sp³-hybridized carbons (Fsp3) is 0.526. The number of Topliss-reactive ketones (excluding diaryl/α,β-unsaturated/α-hetero) is 1. The van der Waals surface area contributed by atoms with Crippen molar-refractivity contribution in [3.63, 3.8) is 0 Å². The molecule has 25 heavy (non-hydrogen) atoms. The number of fused-ring (bicyclic) bond motifs is 1. The van der Waals surface area contributed by atoms with Crippen molar-refractivity contribution >= 4 is 11.8 Å². The van der Waals surface area contributed by atoms with E-state index >= 15 is 0 Å².